The van der Waals surface area contributed by atoms with Crippen molar-refractivity contribution in [1.29, 1.82) is 0 Å². The van der Waals surface area contributed by atoms with Gasteiger partial charge in [0.15, 0.2) is 0 Å². The molecule has 2 aliphatic rings. The lowest BCUT2D eigenvalue weighted by Crippen LogP contribution is -2.31. The van der Waals surface area contributed by atoms with Crippen molar-refractivity contribution >= 4 is 0 Å². The number of hydrogen-bond donors (Lipinski definition) is 2. The lowest BCUT2D eigenvalue weighted by Gasteiger charge is -2.28. The number of rotatable bonds is 4. The van der Waals surface area contributed by atoms with Gasteiger partial charge in [-0.3, -0.25) is 4.90 Å². The summed E-state index contributed by atoms with van der Waals surface area (Å²) >= 11 is 0. The van der Waals surface area contributed by atoms with Crippen molar-refractivity contribution in [3.05, 3.63) is 70.8 Å². The van der Waals surface area contributed by atoms with Crippen LogP contribution >= 0.6 is 0 Å². The minimum atomic E-state index is -4.42. The van der Waals surface area contributed by atoms with Crippen LogP contribution in [0.3, 0.4) is 0 Å². The van der Waals surface area contributed by atoms with Crippen LogP contribution in [0.25, 0.3) is 0 Å². The standard InChI is InChI=1S/C23H26F3NO2/c1-15-5-2-3-8-20(15)22(29)10-17-12-27(13-18(17)11-22)14-21(28)16-6-4-7-19(9-16)23(24,25)26/h2-9,17-18,21,28-29H,10-14H2,1H3. The second-order valence-corrected chi connectivity index (χ2v) is 8.63. The Kier molecular flexibility index (Phi) is 5.21. The summed E-state index contributed by atoms with van der Waals surface area (Å²) < 4.78 is 38.8. The van der Waals surface area contributed by atoms with Crippen LogP contribution < -0.4 is 0 Å². The summed E-state index contributed by atoms with van der Waals surface area (Å²) in [5.41, 5.74) is 0.813. The van der Waals surface area contributed by atoms with Crippen molar-refractivity contribution in [2.45, 2.75) is 37.6 Å². The Labute approximate surface area is 168 Å². The molecule has 3 unspecified atom stereocenters. The van der Waals surface area contributed by atoms with Gasteiger partial charge in [-0.05, 0) is 60.4 Å². The maximum absolute atomic E-state index is 12.9. The van der Waals surface area contributed by atoms with Crippen LogP contribution in [0.4, 0.5) is 13.2 Å². The molecule has 2 aromatic carbocycles. The fraction of sp³-hybridized carbons (Fsp3) is 0.478. The number of hydrogen-bond acceptors (Lipinski definition) is 3. The molecule has 0 radical (unpaired) electrons. The van der Waals surface area contributed by atoms with Gasteiger partial charge in [0.05, 0.1) is 17.3 Å². The number of benzene rings is 2. The zero-order chi connectivity index (χ0) is 20.8. The van der Waals surface area contributed by atoms with Crippen molar-refractivity contribution in [2.75, 3.05) is 19.6 Å². The van der Waals surface area contributed by atoms with Gasteiger partial charge < -0.3 is 10.2 Å². The maximum Gasteiger partial charge on any atom is 0.416 e. The van der Waals surface area contributed by atoms with E-state index in [1.54, 1.807) is 0 Å². The molecule has 1 saturated heterocycles. The normalized spacial score (nSPS) is 28.5. The molecule has 1 heterocycles. The Bertz CT molecular complexity index is 868. The molecule has 1 aliphatic heterocycles. The van der Waals surface area contributed by atoms with Gasteiger partial charge in [-0.1, -0.05) is 36.4 Å². The SMILES string of the molecule is Cc1ccccc1C1(O)CC2CN(CC(O)c3cccc(C(F)(F)F)c3)CC2C1. The van der Waals surface area contributed by atoms with Crippen LogP contribution in [-0.4, -0.2) is 34.7 Å². The summed E-state index contributed by atoms with van der Waals surface area (Å²) in [6.07, 6.45) is -4.02. The van der Waals surface area contributed by atoms with Crippen molar-refractivity contribution in [1.82, 2.24) is 4.90 Å². The third-order valence-electron chi connectivity index (χ3n) is 6.53. The van der Waals surface area contributed by atoms with Crippen LogP contribution in [0, 0.1) is 18.8 Å². The van der Waals surface area contributed by atoms with Gasteiger partial charge in [0.25, 0.3) is 0 Å². The summed E-state index contributed by atoms with van der Waals surface area (Å²) in [5, 5.41) is 21.7. The van der Waals surface area contributed by atoms with Crippen LogP contribution in [0.5, 0.6) is 0 Å². The Morgan fingerprint density at radius 3 is 2.34 bits per heavy atom. The molecule has 0 aromatic heterocycles. The summed E-state index contributed by atoms with van der Waals surface area (Å²) in [6, 6.07) is 12.8. The van der Waals surface area contributed by atoms with Crippen LogP contribution in [0.1, 0.15) is 41.2 Å². The summed E-state index contributed by atoms with van der Waals surface area (Å²) in [7, 11) is 0. The number of aryl methyl sites for hydroxylation is 1. The van der Waals surface area contributed by atoms with Gasteiger partial charge in [0.2, 0.25) is 0 Å². The molecule has 156 valence electrons. The summed E-state index contributed by atoms with van der Waals surface area (Å²) in [6.45, 7) is 3.81. The molecule has 0 bridgehead atoms. The maximum atomic E-state index is 12.9. The number of fused-ring (bicyclic) bond motifs is 1. The second kappa shape index (κ2) is 7.42. The van der Waals surface area contributed by atoms with E-state index >= 15 is 0 Å². The molecule has 2 aromatic rings. The van der Waals surface area contributed by atoms with Gasteiger partial charge in [-0.2, -0.15) is 13.2 Å². The largest absolute Gasteiger partial charge is 0.416 e. The molecule has 4 rings (SSSR count). The van der Waals surface area contributed by atoms with Crippen molar-refractivity contribution in [3.63, 3.8) is 0 Å². The molecule has 1 saturated carbocycles. The first-order valence-electron chi connectivity index (χ1n) is 10.0. The highest BCUT2D eigenvalue weighted by molar-refractivity contribution is 5.33. The molecular weight excluding hydrogens is 379 g/mol. The molecule has 0 spiro atoms. The van der Waals surface area contributed by atoms with Gasteiger partial charge in [0, 0.05) is 19.6 Å². The Hall–Kier alpha value is -1.89. The molecule has 1 aliphatic carbocycles. The van der Waals surface area contributed by atoms with Gasteiger partial charge in [-0.15, -0.1) is 0 Å². The van der Waals surface area contributed by atoms with Crippen molar-refractivity contribution in [2.24, 2.45) is 11.8 Å². The molecule has 6 heteroatoms. The first-order chi connectivity index (χ1) is 13.7. The molecule has 29 heavy (non-hydrogen) atoms. The number of aliphatic hydroxyl groups excluding tert-OH is 1. The first kappa shape index (κ1) is 20.4. The zero-order valence-electron chi connectivity index (χ0n) is 16.4. The van der Waals surface area contributed by atoms with E-state index in [4.69, 9.17) is 0 Å². The monoisotopic (exact) mass is 405 g/mol. The lowest BCUT2D eigenvalue weighted by atomic mass is 9.87. The van der Waals surface area contributed by atoms with E-state index in [1.807, 2.05) is 31.2 Å². The highest BCUT2D eigenvalue weighted by atomic mass is 19.4. The van der Waals surface area contributed by atoms with E-state index < -0.39 is 23.4 Å². The average Bonchev–Trinajstić information content (AvgIpc) is 3.16. The molecule has 3 nitrogen and oxygen atoms in total. The van der Waals surface area contributed by atoms with E-state index in [1.165, 1.54) is 12.1 Å². The van der Waals surface area contributed by atoms with Crippen LogP contribution in [0.2, 0.25) is 0 Å². The smallest absolute Gasteiger partial charge is 0.387 e. The summed E-state index contributed by atoms with van der Waals surface area (Å²) in [4.78, 5) is 2.11. The van der Waals surface area contributed by atoms with Crippen molar-refractivity contribution < 1.29 is 23.4 Å². The van der Waals surface area contributed by atoms with Crippen LogP contribution in [-0.2, 0) is 11.8 Å². The van der Waals surface area contributed by atoms with E-state index in [0.29, 0.717) is 31.2 Å². The van der Waals surface area contributed by atoms with Crippen molar-refractivity contribution in [3.8, 4) is 0 Å². The Morgan fingerprint density at radius 1 is 1.07 bits per heavy atom. The number of nitrogens with zero attached hydrogens (tertiary/aromatic N) is 1. The second-order valence-electron chi connectivity index (χ2n) is 8.63. The van der Waals surface area contributed by atoms with E-state index in [2.05, 4.69) is 4.90 Å². The lowest BCUT2D eigenvalue weighted by molar-refractivity contribution is -0.137. The molecule has 3 atom stereocenters. The molecule has 2 fully saturated rings. The molecule has 0 amide bonds. The number of likely N-dealkylation sites (tertiary alicyclic amines) is 1. The number of aliphatic hydroxyl groups is 2. The predicted molar refractivity (Wildman–Crippen MR) is 104 cm³/mol. The number of alkyl halides is 3. The zero-order valence-corrected chi connectivity index (χ0v) is 16.4. The Balaban J connectivity index is 1.40. The minimum absolute atomic E-state index is 0.285. The minimum Gasteiger partial charge on any atom is -0.387 e. The fourth-order valence-corrected chi connectivity index (χ4v) is 5.19. The number of β-amino-alcohol motifs (C(OH)–C–C–N with tert-alkyl or cyclic N) is 1. The van der Waals surface area contributed by atoms with Gasteiger partial charge in [0.1, 0.15) is 0 Å². The highest BCUT2D eigenvalue weighted by Crippen LogP contribution is 2.49. The summed E-state index contributed by atoms with van der Waals surface area (Å²) in [5.74, 6) is 0.654. The predicted octanol–water partition coefficient (Wildman–Crippen LogP) is 4.28. The van der Waals surface area contributed by atoms with Crippen LogP contribution in [0.15, 0.2) is 48.5 Å². The fourth-order valence-electron chi connectivity index (χ4n) is 5.19. The molecular formula is C23H26F3NO2. The topological polar surface area (TPSA) is 43.7 Å². The van der Waals surface area contributed by atoms with Gasteiger partial charge >= 0.3 is 6.18 Å². The first-order valence-corrected chi connectivity index (χ1v) is 10.0. The third-order valence-corrected chi connectivity index (χ3v) is 6.53. The van der Waals surface area contributed by atoms with E-state index in [-0.39, 0.29) is 5.56 Å². The number of halogens is 3. The quantitative estimate of drug-likeness (QED) is 0.798. The van der Waals surface area contributed by atoms with E-state index in [9.17, 15) is 23.4 Å². The van der Waals surface area contributed by atoms with Gasteiger partial charge in [-0.25, -0.2) is 0 Å². The average molecular weight is 405 g/mol. The third kappa shape index (κ3) is 4.06. The molecule has 2 N–H and O–H groups in total. The highest BCUT2D eigenvalue weighted by Gasteiger charge is 2.49. The Morgan fingerprint density at radius 2 is 1.72 bits per heavy atom. The van der Waals surface area contributed by atoms with E-state index in [0.717, 1.165) is 36.3 Å².